The molecule has 2 rings (SSSR count). The Kier molecular flexibility index (Phi) is 6.07. The van der Waals surface area contributed by atoms with Gasteiger partial charge in [0.2, 0.25) is 0 Å². The number of hydrogen-bond acceptors (Lipinski definition) is 4. The summed E-state index contributed by atoms with van der Waals surface area (Å²) in [5.74, 6) is 4.48. The number of ether oxygens (including phenoxy) is 3. The summed E-state index contributed by atoms with van der Waals surface area (Å²) in [5, 5.41) is 0. The van der Waals surface area contributed by atoms with Crippen LogP contribution in [0.1, 0.15) is 12.5 Å². The van der Waals surface area contributed by atoms with E-state index >= 15 is 0 Å². The van der Waals surface area contributed by atoms with Crippen LogP contribution in [-0.2, 0) is 0 Å². The van der Waals surface area contributed by atoms with Crippen LogP contribution in [0, 0.1) is 12.3 Å². The molecule has 23 heavy (non-hydrogen) atoms. The zero-order valence-corrected chi connectivity index (χ0v) is 13.3. The first kappa shape index (κ1) is 16.4. The lowest BCUT2D eigenvalue weighted by Crippen LogP contribution is -2.00. The smallest absolute Gasteiger partial charge is 0.171 e. The Bertz CT molecular complexity index is 700. The molecule has 118 valence electrons. The molecule has 0 heterocycles. The van der Waals surface area contributed by atoms with E-state index in [1.165, 1.54) is 0 Å². The lowest BCUT2D eigenvalue weighted by atomic mass is 10.2. The van der Waals surface area contributed by atoms with Gasteiger partial charge in [0.15, 0.2) is 11.5 Å². The molecule has 0 amide bonds. The van der Waals surface area contributed by atoms with Gasteiger partial charge in [-0.25, -0.2) is 0 Å². The highest BCUT2D eigenvalue weighted by molar-refractivity contribution is 5.86. The Morgan fingerprint density at radius 1 is 1.13 bits per heavy atom. The zero-order valence-electron chi connectivity index (χ0n) is 13.3. The number of para-hydroxylation sites is 1. The summed E-state index contributed by atoms with van der Waals surface area (Å²) in [4.78, 5) is 4.45. The van der Waals surface area contributed by atoms with Crippen LogP contribution in [0.5, 0.6) is 17.2 Å². The Hall–Kier alpha value is -2.93. The van der Waals surface area contributed by atoms with Crippen molar-refractivity contribution in [1.29, 1.82) is 0 Å². The SMILES string of the molecule is C#CCOc1c(C=Nc2ccc(OCC)cc2)cccc1OC. The van der Waals surface area contributed by atoms with E-state index in [4.69, 9.17) is 20.6 Å². The van der Waals surface area contributed by atoms with Gasteiger partial charge >= 0.3 is 0 Å². The molecule has 2 aromatic rings. The topological polar surface area (TPSA) is 40.0 Å². The van der Waals surface area contributed by atoms with Crippen LogP contribution in [-0.4, -0.2) is 26.5 Å². The highest BCUT2D eigenvalue weighted by Crippen LogP contribution is 2.30. The van der Waals surface area contributed by atoms with Crippen molar-refractivity contribution in [1.82, 2.24) is 0 Å². The third-order valence-electron chi connectivity index (χ3n) is 3.03. The molecule has 0 aromatic heterocycles. The quantitative estimate of drug-likeness (QED) is 0.576. The van der Waals surface area contributed by atoms with Crippen LogP contribution in [0.2, 0.25) is 0 Å². The molecule has 0 saturated carbocycles. The summed E-state index contributed by atoms with van der Waals surface area (Å²) >= 11 is 0. The fourth-order valence-corrected chi connectivity index (χ4v) is 2.00. The van der Waals surface area contributed by atoms with E-state index in [0.717, 1.165) is 17.0 Å². The molecule has 0 aliphatic heterocycles. The third kappa shape index (κ3) is 4.52. The van der Waals surface area contributed by atoms with Crippen molar-refractivity contribution in [3.05, 3.63) is 48.0 Å². The van der Waals surface area contributed by atoms with E-state index in [2.05, 4.69) is 10.9 Å². The Morgan fingerprint density at radius 2 is 1.91 bits per heavy atom. The van der Waals surface area contributed by atoms with E-state index < -0.39 is 0 Å². The summed E-state index contributed by atoms with van der Waals surface area (Å²) in [7, 11) is 1.59. The maximum absolute atomic E-state index is 5.58. The Labute approximate surface area is 136 Å². The molecule has 2 aromatic carbocycles. The van der Waals surface area contributed by atoms with E-state index in [1.807, 2.05) is 49.4 Å². The summed E-state index contributed by atoms with van der Waals surface area (Å²) in [6.07, 6.45) is 6.99. The fourth-order valence-electron chi connectivity index (χ4n) is 2.00. The molecule has 4 nitrogen and oxygen atoms in total. The van der Waals surface area contributed by atoms with Crippen LogP contribution < -0.4 is 14.2 Å². The maximum Gasteiger partial charge on any atom is 0.171 e. The predicted molar refractivity (Wildman–Crippen MR) is 92.2 cm³/mol. The lowest BCUT2D eigenvalue weighted by molar-refractivity contribution is 0.330. The molecule has 0 saturated heterocycles. The predicted octanol–water partition coefficient (Wildman–Crippen LogP) is 3.86. The first-order chi connectivity index (χ1) is 11.3. The molecular weight excluding hydrogens is 290 g/mol. The second-order valence-electron chi connectivity index (χ2n) is 4.56. The van der Waals surface area contributed by atoms with Crippen molar-refractivity contribution >= 4 is 11.9 Å². The fraction of sp³-hybridized carbons (Fsp3) is 0.211. The summed E-state index contributed by atoms with van der Waals surface area (Å²) in [6.45, 7) is 2.76. The summed E-state index contributed by atoms with van der Waals surface area (Å²) in [6, 6.07) is 13.1. The number of terminal acetylenes is 1. The van der Waals surface area contributed by atoms with Crippen LogP contribution in [0.4, 0.5) is 5.69 Å². The van der Waals surface area contributed by atoms with Crippen LogP contribution in [0.3, 0.4) is 0 Å². The Morgan fingerprint density at radius 3 is 2.57 bits per heavy atom. The third-order valence-corrected chi connectivity index (χ3v) is 3.03. The standard InChI is InChI=1S/C19H19NO3/c1-4-13-23-19-15(7-6-8-18(19)21-3)14-20-16-9-11-17(12-10-16)22-5-2/h1,6-12,14H,5,13H2,2-3H3. The van der Waals surface area contributed by atoms with Crippen molar-refractivity contribution in [2.24, 2.45) is 4.99 Å². The molecule has 4 heteroatoms. The van der Waals surface area contributed by atoms with Crippen LogP contribution in [0.15, 0.2) is 47.5 Å². The average Bonchev–Trinajstić information content (AvgIpc) is 2.59. The van der Waals surface area contributed by atoms with E-state index in [0.29, 0.717) is 18.1 Å². The van der Waals surface area contributed by atoms with Crippen LogP contribution in [0.25, 0.3) is 0 Å². The monoisotopic (exact) mass is 309 g/mol. The minimum Gasteiger partial charge on any atom is -0.494 e. The summed E-state index contributed by atoms with van der Waals surface area (Å²) in [5.41, 5.74) is 1.62. The van der Waals surface area contributed by atoms with E-state index in [9.17, 15) is 0 Å². The zero-order chi connectivity index (χ0) is 16.5. The number of nitrogens with zero attached hydrogens (tertiary/aromatic N) is 1. The van der Waals surface area contributed by atoms with Gasteiger partial charge in [-0.05, 0) is 43.3 Å². The van der Waals surface area contributed by atoms with E-state index in [-0.39, 0.29) is 6.61 Å². The second kappa shape index (κ2) is 8.50. The van der Waals surface area contributed by atoms with Gasteiger partial charge in [0.25, 0.3) is 0 Å². The van der Waals surface area contributed by atoms with Crippen LogP contribution >= 0.6 is 0 Å². The second-order valence-corrected chi connectivity index (χ2v) is 4.56. The highest BCUT2D eigenvalue weighted by atomic mass is 16.5. The lowest BCUT2D eigenvalue weighted by Gasteiger charge is -2.11. The largest absolute Gasteiger partial charge is 0.494 e. The number of benzene rings is 2. The van der Waals surface area contributed by atoms with Gasteiger partial charge in [-0.2, -0.15) is 0 Å². The van der Waals surface area contributed by atoms with Gasteiger partial charge in [0, 0.05) is 11.8 Å². The number of hydrogen-bond donors (Lipinski definition) is 0. The van der Waals surface area contributed by atoms with Gasteiger partial charge in [-0.3, -0.25) is 4.99 Å². The number of methoxy groups -OCH3 is 1. The summed E-state index contributed by atoms with van der Waals surface area (Å²) < 4.78 is 16.3. The van der Waals surface area contributed by atoms with Gasteiger partial charge in [0.05, 0.1) is 19.4 Å². The molecular formula is C19H19NO3. The van der Waals surface area contributed by atoms with Crippen molar-refractivity contribution in [2.75, 3.05) is 20.3 Å². The van der Waals surface area contributed by atoms with Gasteiger partial charge in [-0.15, -0.1) is 6.42 Å². The highest BCUT2D eigenvalue weighted by Gasteiger charge is 2.08. The van der Waals surface area contributed by atoms with Crippen molar-refractivity contribution < 1.29 is 14.2 Å². The molecule has 0 radical (unpaired) electrons. The maximum atomic E-state index is 5.58. The van der Waals surface area contributed by atoms with Gasteiger partial charge in [0.1, 0.15) is 12.4 Å². The molecule has 0 bridgehead atoms. The molecule has 0 unspecified atom stereocenters. The Balaban J connectivity index is 2.22. The molecule has 0 aliphatic rings. The minimum atomic E-state index is 0.171. The van der Waals surface area contributed by atoms with Crippen molar-refractivity contribution in [3.63, 3.8) is 0 Å². The first-order valence-electron chi connectivity index (χ1n) is 7.28. The molecule has 0 fully saturated rings. The molecule has 0 N–H and O–H groups in total. The number of rotatable bonds is 7. The minimum absolute atomic E-state index is 0.171. The molecule has 0 atom stereocenters. The molecule has 0 spiro atoms. The average molecular weight is 309 g/mol. The normalized spacial score (nSPS) is 10.3. The van der Waals surface area contributed by atoms with Crippen molar-refractivity contribution in [2.45, 2.75) is 6.92 Å². The van der Waals surface area contributed by atoms with Gasteiger partial charge in [-0.1, -0.05) is 12.0 Å². The number of aliphatic imine (C=N–C) groups is 1. The van der Waals surface area contributed by atoms with Crippen molar-refractivity contribution in [3.8, 4) is 29.6 Å². The van der Waals surface area contributed by atoms with Gasteiger partial charge < -0.3 is 14.2 Å². The van der Waals surface area contributed by atoms with E-state index in [1.54, 1.807) is 13.3 Å². The first-order valence-corrected chi connectivity index (χ1v) is 7.28. The molecule has 0 aliphatic carbocycles.